The maximum atomic E-state index is 11.9. The first kappa shape index (κ1) is 12.4. The van der Waals surface area contributed by atoms with Crippen molar-refractivity contribution < 1.29 is 4.79 Å². The van der Waals surface area contributed by atoms with Crippen molar-refractivity contribution in [2.75, 3.05) is 25.0 Å². The molecule has 1 amide bonds. The molecule has 2 heterocycles. The molecule has 1 aromatic heterocycles. The summed E-state index contributed by atoms with van der Waals surface area (Å²) in [6, 6.07) is 5.32. The molecule has 0 aromatic carbocycles. The Bertz CT molecular complexity index is 460. The molecule has 0 saturated carbocycles. The van der Waals surface area contributed by atoms with Crippen molar-refractivity contribution in [2.24, 2.45) is 0 Å². The van der Waals surface area contributed by atoms with Gasteiger partial charge in [-0.25, -0.2) is 4.98 Å². The standard InChI is InChI=1S/C13H16N4O/c14-9-11-4-5-15-12(8-11)16-10-13(18)17-6-2-1-3-7-17/h4-5,8H,1-3,6-7,10H2,(H,15,16). The third-order valence-corrected chi connectivity index (χ3v) is 3.02. The SMILES string of the molecule is N#Cc1ccnc(NCC(=O)N2CCCCC2)c1. The molecule has 18 heavy (non-hydrogen) atoms. The van der Waals surface area contributed by atoms with E-state index in [0.717, 1.165) is 25.9 Å². The van der Waals surface area contributed by atoms with Gasteiger partial charge < -0.3 is 10.2 Å². The van der Waals surface area contributed by atoms with E-state index in [4.69, 9.17) is 5.26 Å². The number of hydrogen-bond acceptors (Lipinski definition) is 4. The molecule has 1 aliphatic heterocycles. The Morgan fingerprint density at radius 3 is 2.94 bits per heavy atom. The highest BCUT2D eigenvalue weighted by Crippen LogP contribution is 2.09. The highest BCUT2D eigenvalue weighted by Gasteiger charge is 2.15. The summed E-state index contributed by atoms with van der Waals surface area (Å²) in [5.74, 6) is 0.665. The number of aromatic nitrogens is 1. The van der Waals surface area contributed by atoms with Crippen molar-refractivity contribution in [1.82, 2.24) is 9.88 Å². The van der Waals surface area contributed by atoms with Crippen LogP contribution in [0.1, 0.15) is 24.8 Å². The van der Waals surface area contributed by atoms with Gasteiger partial charge in [0, 0.05) is 19.3 Å². The minimum atomic E-state index is 0.0962. The van der Waals surface area contributed by atoms with Crippen LogP contribution in [0.15, 0.2) is 18.3 Å². The fourth-order valence-corrected chi connectivity index (χ4v) is 2.02. The van der Waals surface area contributed by atoms with Crippen molar-refractivity contribution in [3.8, 4) is 6.07 Å². The lowest BCUT2D eigenvalue weighted by Gasteiger charge is -2.26. The van der Waals surface area contributed by atoms with Gasteiger partial charge in [-0.2, -0.15) is 5.26 Å². The summed E-state index contributed by atoms with van der Waals surface area (Å²) in [4.78, 5) is 17.8. The molecule has 1 aromatic rings. The monoisotopic (exact) mass is 244 g/mol. The average Bonchev–Trinajstić information content (AvgIpc) is 2.46. The molecule has 0 atom stereocenters. The predicted molar refractivity (Wildman–Crippen MR) is 67.9 cm³/mol. The molecule has 0 aliphatic carbocycles. The molecule has 1 saturated heterocycles. The molecule has 1 fully saturated rings. The number of rotatable bonds is 3. The summed E-state index contributed by atoms with van der Waals surface area (Å²) in [6.45, 7) is 1.94. The summed E-state index contributed by atoms with van der Waals surface area (Å²) in [5.41, 5.74) is 0.540. The Labute approximate surface area is 106 Å². The van der Waals surface area contributed by atoms with Crippen LogP contribution in [0.3, 0.4) is 0 Å². The van der Waals surface area contributed by atoms with E-state index in [0.29, 0.717) is 11.4 Å². The van der Waals surface area contributed by atoms with Gasteiger partial charge in [0.2, 0.25) is 5.91 Å². The van der Waals surface area contributed by atoms with Crippen LogP contribution in [0.4, 0.5) is 5.82 Å². The summed E-state index contributed by atoms with van der Waals surface area (Å²) in [7, 11) is 0. The second-order valence-electron chi connectivity index (χ2n) is 4.34. The lowest BCUT2D eigenvalue weighted by atomic mass is 10.1. The number of piperidine rings is 1. The van der Waals surface area contributed by atoms with Crippen LogP contribution in [0.2, 0.25) is 0 Å². The van der Waals surface area contributed by atoms with Crippen molar-refractivity contribution >= 4 is 11.7 Å². The zero-order chi connectivity index (χ0) is 12.8. The largest absolute Gasteiger partial charge is 0.361 e. The van der Waals surface area contributed by atoms with Gasteiger partial charge in [0.1, 0.15) is 5.82 Å². The first-order valence-electron chi connectivity index (χ1n) is 6.17. The molecule has 2 rings (SSSR count). The minimum Gasteiger partial charge on any atom is -0.361 e. The smallest absolute Gasteiger partial charge is 0.241 e. The normalized spacial score (nSPS) is 14.9. The second kappa shape index (κ2) is 6.01. The maximum Gasteiger partial charge on any atom is 0.241 e. The van der Waals surface area contributed by atoms with E-state index in [-0.39, 0.29) is 12.5 Å². The van der Waals surface area contributed by atoms with Gasteiger partial charge in [0.05, 0.1) is 18.2 Å². The van der Waals surface area contributed by atoms with Crippen molar-refractivity contribution in [3.05, 3.63) is 23.9 Å². The average molecular weight is 244 g/mol. The third-order valence-electron chi connectivity index (χ3n) is 3.02. The van der Waals surface area contributed by atoms with Gasteiger partial charge >= 0.3 is 0 Å². The molecular formula is C13H16N4O. The van der Waals surface area contributed by atoms with Crippen LogP contribution in [-0.2, 0) is 4.79 Å². The number of nitrogens with one attached hydrogen (secondary N) is 1. The molecule has 0 unspecified atom stereocenters. The van der Waals surface area contributed by atoms with E-state index in [2.05, 4.69) is 10.3 Å². The molecule has 1 aliphatic rings. The number of anilines is 1. The fraction of sp³-hybridized carbons (Fsp3) is 0.462. The highest BCUT2D eigenvalue weighted by atomic mass is 16.2. The first-order valence-corrected chi connectivity index (χ1v) is 6.17. The summed E-state index contributed by atoms with van der Waals surface area (Å²) >= 11 is 0. The molecule has 5 nitrogen and oxygen atoms in total. The molecule has 1 N–H and O–H groups in total. The first-order chi connectivity index (χ1) is 8.79. The van der Waals surface area contributed by atoms with Crippen LogP contribution in [0.25, 0.3) is 0 Å². The number of likely N-dealkylation sites (tertiary alicyclic amines) is 1. The highest BCUT2D eigenvalue weighted by molar-refractivity contribution is 5.80. The number of nitrogens with zero attached hydrogens (tertiary/aromatic N) is 3. The fourth-order valence-electron chi connectivity index (χ4n) is 2.02. The zero-order valence-electron chi connectivity index (χ0n) is 10.2. The van der Waals surface area contributed by atoms with Crippen LogP contribution in [0, 0.1) is 11.3 Å². The predicted octanol–water partition coefficient (Wildman–Crippen LogP) is 1.38. The summed E-state index contributed by atoms with van der Waals surface area (Å²) in [5, 5.41) is 11.7. The molecular weight excluding hydrogens is 228 g/mol. The number of hydrogen-bond donors (Lipinski definition) is 1. The Morgan fingerprint density at radius 2 is 2.22 bits per heavy atom. The summed E-state index contributed by atoms with van der Waals surface area (Å²) < 4.78 is 0. The van der Waals surface area contributed by atoms with Crippen LogP contribution >= 0.6 is 0 Å². The van der Waals surface area contributed by atoms with E-state index in [1.165, 1.54) is 6.42 Å². The minimum absolute atomic E-state index is 0.0962. The van der Waals surface area contributed by atoms with E-state index >= 15 is 0 Å². The number of amides is 1. The van der Waals surface area contributed by atoms with Crippen molar-refractivity contribution in [3.63, 3.8) is 0 Å². The summed E-state index contributed by atoms with van der Waals surface area (Å²) in [6.07, 6.45) is 4.96. The Kier molecular flexibility index (Phi) is 4.13. The van der Waals surface area contributed by atoms with Gasteiger partial charge in [-0.15, -0.1) is 0 Å². The van der Waals surface area contributed by atoms with Gasteiger partial charge in [0.15, 0.2) is 0 Å². The van der Waals surface area contributed by atoms with Crippen molar-refractivity contribution in [2.45, 2.75) is 19.3 Å². The second-order valence-corrected chi connectivity index (χ2v) is 4.34. The van der Waals surface area contributed by atoms with Gasteiger partial charge in [-0.05, 0) is 31.4 Å². The quantitative estimate of drug-likeness (QED) is 0.872. The number of carbonyl (C=O) groups is 1. The van der Waals surface area contributed by atoms with E-state index in [9.17, 15) is 4.79 Å². The Balaban J connectivity index is 1.86. The van der Waals surface area contributed by atoms with Crippen LogP contribution in [0.5, 0.6) is 0 Å². The van der Waals surface area contributed by atoms with Crippen LogP contribution in [-0.4, -0.2) is 35.4 Å². The zero-order valence-corrected chi connectivity index (χ0v) is 10.2. The molecule has 0 radical (unpaired) electrons. The molecule has 0 spiro atoms. The van der Waals surface area contributed by atoms with E-state index < -0.39 is 0 Å². The Morgan fingerprint density at radius 1 is 1.44 bits per heavy atom. The van der Waals surface area contributed by atoms with E-state index in [1.54, 1.807) is 18.3 Å². The molecule has 0 bridgehead atoms. The molecule has 94 valence electrons. The van der Waals surface area contributed by atoms with Crippen LogP contribution < -0.4 is 5.32 Å². The molecule has 5 heteroatoms. The third kappa shape index (κ3) is 3.20. The lowest BCUT2D eigenvalue weighted by Crippen LogP contribution is -2.39. The van der Waals surface area contributed by atoms with Gasteiger partial charge in [0.25, 0.3) is 0 Å². The number of nitriles is 1. The Hall–Kier alpha value is -2.09. The number of pyridine rings is 1. The van der Waals surface area contributed by atoms with E-state index in [1.807, 2.05) is 11.0 Å². The lowest BCUT2D eigenvalue weighted by molar-refractivity contribution is -0.130. The van der Waals surface area contributed by atoms with Crippen molar-refractivity contribution in [1.29, 1.82) is 5.26 Å². The van der Waals surface area contributed by atoms with Gasteiger partial charge in [-0.1, -0.05) is 0 Å². The maximum absolute atomic E-state index is 11.9. The topological polar surface area (TPSA) is 69.0 Å². The number of carbonyl (C=O) groups excluding carboxylic acids is 1. The van der Waals surface area contributed by atoms with Gasteiger partial charge in [-0.3, -0.25) is 4.79 Å².